The van der Waals surface area contributed by atoms with Gasteiger partial charge in [0.2, 0.25) is 0 Å². The number of nitrogens with one attached hydrogen (secondary N) is 1. The lowest BCUT2D eigenvalue weighted by Gasteiger charge is -2.09. The molecule has 1 N–H and O–H groups in total. The van der Waals surface area contributed by atoms with Gasteiger partial charge in [0.15, 0.2) is 4.67 Å². The molecular weight excluding hydrogens is 290 g/mol. The van der Waals surface area contributed by atoms with Crippen LogP contribution in [0.5, 0.6) is 0 Å². The van der Waals surface area contributed by atoms with Gasteiger partial charge in [0.05, 0.1) is 11.4 Å². The van der Waals surface area contributed by atoms with Crippen molar-refractivity contribution in [3.63, 3.8) is 0 Å². The molecule has 2 heterocycles. The number of thiazole rings is 1. The summed E-state index contributed by atoms with van der Waals surface area (Å²) in [7, 11) is 3.91. The first kappa shape index (κ1) is 11.8. The third-order valence-corrected chi connectivity index (χ3v) is 3.35. The summed E-state index contributed by atoms with van der Waals surface area (Å²) >= 11 is 4.91. The van der Waals surface area contributed by atoms with E-state index in [0.717, 1.165) is 26.9 Å². The maximum Gasteiger partial charge on any atom is 0.169 e. The fraction of sp³-hybridized carbons (Fsp3) is 0.300. The van der Waals surface area contributed by atoms with Gasteiger partial charge in [-0.15, -0.1) is 11.3 Å². The van der Waals surface area contributed by atoms with Gasteiger partial charge in [-0.3, -0.25) is 5.01 Å². The van der Waals surface area contributed by atoms with Gasteiger partial charge >= 0.3 is 0 Å². The first-order chi connectivity index (χ1) is 7.65. The Morgan fingerprint density at radius 3 is 2.94 bits per heavy atom. The van der Waals surface area contributed by atoms with Crippen LogP contribution in [0.2, 0.25) is 0 Å². The molecule has 16 heavy (non-hydrogen) atoms. The molecule has 0 spiro atoms. The molecule has 2 aromatic heterocycles. The minimum absolute atomic E-state index is 0.736. The molecule has 2 aromatic rings. The minimum Gasteiger partial charge on any atom is -0.448 e. The van der Waals surface area contributed by atoms with Crippen molar-refractivity contribution in [3.05, 3.63) is 28.0 Å². The Morgan fingerprint density at radius 1 is 1.50 bits per heavy atom. The molecule has 4 nitrogen and oxygen atoms in total. The van der Waals surface area contributed by atoms with Crippen LogP contribution in [0.1, 0.15) is 5.01 Å². The predicted molar refractivity (Wildman–Crippen MR) is 68.0 cm³/mol. The van der Waals surface area contributed by atoms with E-state index < -0.39 is 0 Å². The highest BCUT2D eigenvalue weighted by Gasteiger charge is 2.08. The van der Waals surface area contributed by atoms with E-state index in [4.69, 9.17) is 4.42 Å². The molecule has 0 aliphatic carbocycles. The van der Waals surface area contributed by atoms with Gasteiger partial charge in [-0.1, -0.05) is 0 Å². The number of halogens is 1. The number of furan rings is 1. The fourth-order valence-electron chi connectivity index (χ4n) is 1.18. The summed E-state index contributed by atoms with van der Waals surface area (Å²) in [6.07, 6.45) is 1.84. The summed E-state index contributed by atoms with van der Waals surface area (Å²) in [5, 5.41) is 2.95. The normalized spacial score (nSPS) is 11.2. The van der Waals surface area contributed by atoms with Crippen molar-refractivity contribution in [3.8, 4) is 10.6 Å². The Kier molecular flexibility index (Phi) is 3.75. The van der Waals surface area contributed by atoms with E-state index in [2.05, 4.69) is 26.3 Å². The standard InChI is InChI=1S/C10H12BrN3OS/c1-14(2)13-6-10-12-5-8(16-10)7-3-4-9(11)15-7/h3-5,13H,6H2,1-2H3. The Labute approximate surface area is 106 Å². The molecule has 0 aromatic carbocycles. The van der Waals surface area contributed by atoms with E-state index in [9.17, 15) is 0 Å². The third kappa shape index (κ3) is 2.91. The molecule has 0 bridgehead atoms. The van der Waals surface area contributed by atoms with Gasteiger partial charge in [-0.25, -0.2) is 10.4 Å². The van der Waals surface area contributed by atoms with E-state index in [0.29, 0.717) is 0 Å². The highest BCUT2D eigenvalue weighted by Crippen LogP contribution is 2.29. The fourth-order valence-corrected chi connectivity index (χ4v) is 2.30. The molecule has 0 fully saturated rings. The van der Waals surface area contributed by atoms with Crippen LogP contribution in [0.3, 0.4) is 0 Å². The Bertz CT molecular complexity index is 466. The average Bonchev–Trinajstić information content (AvgIpc) is 2.83. The molecule has 0 saturated heterocycles. The molecule has 0 radical (unpaired) electrons. The van der Waals surface area contributed by atoms with Crippen LogP contribution in [0.25, 0.3) is 10.6 Å². The van der Waals surface area contributed by atoms with Gasteiger partial charge in [-0.05, 0) is 28.1 Å². The van der Waals surface area contributed by atoms with E-state index in [-0.39, 0.29) is 0 Å². The Hall–Kier alpha value is -0.690. The predicted octanol–water partition coefficient (Wildman–Crippen LogP) is 2.73. The SMILES string of the molecule is CN(C)NCc1ncc(-c2ccc(Br)o2)s1. The number of nitrogens with zero attached hydrogens (tertiary/aromatic N) is 2. The topological polar surface area (TPSA) is 41.3 Å². The lowest BCUT2D eigenvalue weighted by Crippen LogP contribution is -2.29. The zero-order chi connectivity index (χ0) is 11.5. The van der Waals surface area contributed by atoms with Crippen LogP contribution in [0, 0.1) is 0 Å². The number of hydrogen-bond acceptors (Lipinski definition) is 5. The maximum absolute atomic E-state index is 5.46. The van der Waals surface area contributed by atoms with Crippen LogP contribution < -0.4 is 5.43 Å². The molecule has 6 heteroatoms. The Morgan fingerprint density at radius 2 is 2.31 bits per heavy atom. The van der Waals surface area contributed by atoms with Crippen LogP contribution >= 0.6 is 27.3 Å². The van der Waals surface area contributed by atoms with Crippen LogP contribution in [-0.4, -0.2) is 24.1 Å². The van der Waals surface area contributed by atoms with Gasteiger partial charge in [0.25, 0.3) is 0 Å². The van der Waals surface area contributed by atoms with E-state index in [1.807, 2.05) is 37.4 Å². The minimum atomic E-state index is 0.736. The summed E-state index contributed by atoms with van der Waals surface area (Å²) in [5.41, 5.74) is 3.17. The molecule has 0 saturated carbocycles. The molecule has 0 atom stereocenters. The van der Waals surface area contributed by atoms with Gasteiger partial charge in [0, 0.05) is 20.3 Å². The van der Waals surface area contributed by atoms with E-state index >= 15 is 0 Å². The highest BCUT2D eigenvalue weighted by atomic mass is 79.9. The molecule has 0 aliphatic heterocycles. The van der Waals surface area contributed by atoms with E-state index in [1.54, 1.807) is 11.3 Å². The van der Waals surface area contributed by atoms with Crippen LogP contribution in [0.15, 0.2) is 27.4 Å². The second-order valence-electron chi connectivity index (χ2n) is 3.45. The molecule has 2 rings (SSSR count). The zero-order valence-electron chi connectivity index (χ0n) is 9.03. The molecule has 0 unspecified atom stereocenters. The molecule has 0 aliphatic rings. The van der Waals surface area contributed by atoms with Crippen LogP contribution in [0.4, 0.5) is 0 Å². The second kappa shape index (κ2) is 5.09. The summed E-state index contributed by atoms with van der Waals surface area (Å²) in [6.45, 7) is 0.736. The first-order valence-corrected chi connectivity index (χ1v) is 6.37. The summed E-state index contributed by atoms with van der Waals surface area (Å²) < 4.78 is 6.20. The lowest BCUT2D eigenvalue weighted by molar-refractivity contribution is 0.286. The largest absolute Gasteiger partial charge is 0.448 e. The smallest absolute Gasteiger partial charge is 0.169 e. The first-order valence-electron chi connectivity index (χ1n) is 4.76. The maximum atomic E-state index is 5.46. The summed E-state index contributed by atoms with van der Waals surface area (Å²) in [4.78, 5) is 5.37. The second-order valence-corrected chi connectivity index (χ2v) is 5.35. The van der Waals surface area contributed by atoms with Gasteiger partial charge in [-0.2, -0.15) is 0 Å². The lowest BCUT2D eigenvalue weighted by atomic mass is 10.4. The van der Waals surface area contributed by atoms with E-state index in [1.165, 1.54) is 0 Å². The molecule has 86 valence electrons. The van der Waals surface area contributed by atoms with Gasteiger partial charge in [0.1, 0.15) is 10.8 Å². The number of aromatic nitrogens is 1. The van der Waals surface area contributed by atoms with Crippen molar-refractivity contribution in [2.75, 3.05) is 14.1 Å². The van der Waals surface area contributed by atoms with Crippen molar-refractivity contribution in [2.24, 2.45) is 0 Å². The summed E-state index contributed by atoms with van der Waals surface area (Å²) in [5.74, 6) is 0.848. The van der Waals surface area contributed by atoms with Crippen molar-refractivity contribution in [2.45, 2.75) is 6.54 Å². The average molecular weight is 302 g/mol. The van der Waals surface area contributed by atoms with Crippen molar-refractivity contribution in [1.29, 1.82) is 0 Å². The Balaban J connectivity index is 2.07. The van der Waals surface area contributed by atoms with Gasteiger partial charge < -0.3 is 4.42 Å². The van der Waals surface area contributed by atoms with Crippen molar-refractivity contribution in [1.82, 2.24) is 15.4 Å². The molecule has 0 amide bonds. The summed E-state index contributed by atoms with van der Waals surface area (Å²) in [6, 6.07) is 3.81. The quantitative estimate of drug-likeness (QED) is 0.882. The highest BCUT2D eigenvalue weighted by molar-refractivity contribution is 9.10. The zero-order valence-corrected chi connectivity index (χ0v) is 11.4. The number of rotatable bonds is 4. The number of hydrogen-bond donors (Lipinski definition) is 1. The van der Waals surface area contributed by atoms with Crippen molar-refractivity contribution >= 4 is 27.3 Å². The van der Waals surface area contributed by atoms with Crippen molar-refractivity contribution < 1.29 is 4.42 Å². The number of hydrazine groups is 1. The van der Waals surface area contributed by atoms with Crippen LogP contribution in [-0.2, 0) is 6.54 Å². The molecular formula is C10H12BrN3OS. The monoisotopic (exact) mass is 301 g/mol. The third-order valence-electron chi connectivity index (χ3n) is 1.92.